The lowest BCUT2D eigenvalue weighted by Gasteiger charge is -2.32. The summed E-state index contributed by atoms with van der Waals surface area (Å²) >= 11 is 1.51. The average molecular weight is 353 g/mol. The molecule has 2 heterocycles. The molecule has 4 rings (SSSR count). The summed E-state index contributed by atoms with van der Waals surface area (Å²) in [6, 6.07) is 8.67. The molecule has 1 aliphatic heterocycles. The molecule has 1 fully saturated rings. The largest absolute Gasteiger partial charge is 0.510 e. The van der Waals surface area contributed by atoms with Crippen molar-refractivity contribution in [3.8, 4) is 11.3 Å². The van der Waals surface area contributed by atoms with E-state index in [4.69, 9.17) is 10.4 Å². The van der Waals surface area contributed by atoms with Gasteiger partial charge < -0.3 is 10.0 Å². The van der Waals surface area contributed by atoms with Gasteiger partial charge in [-0.05, 0) is 19.8 Å². The SMILES string of the molecule is Cc1ccc(-c2csc(C3=C(O)CN(C4CCCCC4)C3=N)n2)cc1. The highest BCUT2D eigenvalue weighted by Crippen LogP contribution is 2.35. The zero-order valence-electron chi connectivity index (χ0n) is 14.5. The van der Waals surface area contributed by atoms with Crippen LogP contribution in [0.25, 0.3) is 16.8 Å². The van der Waals surface area contributed by atoms with Crippen LogP contribution in [0, 0.1) is 12.3 Å². The number of aromatic nitrogens is 1. The van der Waals surface area contributed by atoms with Crippen LogP contribution in [0.4, 0.5) is 0 Å². The van der Waals surface area contributed by atoms with Gasteiger partial charge in [-0.1, -0.05) is 49.1 Å². The molecular weight excluding hydrogens is 330 g/mol. The molecule has 2 N–H and O–H groups in total. The maximum Gasteiger partial charge on any atom is 0.135 e. The minimum atomic E-state index is 0.292. The molecule has 1 saturated carbocycles. The van der Waals surface area contributed by atoms with E-state index in [1.165, 1.54) is 36.2 Å². The molecular formula is C20H23N3OS. The van der Waals surface area contributed by atoms with E-state index in [0.717, 1.165) is 29.1 Å². The van der Waals surface area contributed by atoms with E-state index in [1.807, 2.05) is 5.38 Å². The Balaban J connectivity index is 1.58. The number of thiazole rings is 1. The van der Waals surface area contributed by atoms with E-state index in [1.54, 1.807) is 0 Å². The smallest absolute Gasteiger partial charge is 0.135 e. The van der Waals surface area contributed by atoms with Crippen molar-refractivity contribution in [3.05, 3.63) is 46.0 Å². The summed E-state index contributed by atoms with van der Waals surface area (Å²) < 4.78 is 0. The fourth-order valence-electron chi connectivity index (χ4n) is 3.77. The molecule has 0 unspecified atom stereocenters. The van der Waals surface area contributed by atoms with Gasteiger partial charge in [-0.25, -0.2) is 4.98 Å². The fraction of sp³-hybridized carbons (Fsp3) is 0.400. The van der Waals surface area contributed by atoms with Gasteiger partial charge in [-0.2, -0.15) is 0 Å². The molecule has 130 valence electrons. The third-order valence-corrected chi connectivity index (χ3v) is 6.07. The van der Waals surface area contributed by atoms with Gasteiger partial charge in [0.2, 0.25) is 0 Å². The molecule has 2 aliphatic rings. The van der Waals surface area contributed by atoms with Gasteiger partial charge in [0.1, 0.15) is 16.6 Å². The second-order valence-corrected chi connectivity index (χ2v) is 7.85. The number of nitrogens with one attached hydrogen (secondary N) is 1. The Kier molecular flexibility index (Phi) is 4.34. The number of benzene rings is 1. The molecule has 2 aromatic rings. The van der Waals surface area contributed by atoms with Crippen molar-refractivity contribution in [1.82, 2.24) is 9.88 Å². The summed E-state index contributed by atoms with van der Waals surface area (Å²) in [6.45, 7) is 2.52. The van der Waals surface area contributed by atoms with Crippen LogP contribution >= 0.6 is 11.3 Å². The molecule has 25 heavy (non-hydrogen) atoms. The van der Waals surface area contributed by atoms with Crippen molar-refractivity contribution in [2.75, 3.05) is 6.54 Å². The summed E-state index contributed by atoms with van der Waals surface area (Å²) in [6.07, 6.45) is 5.97. The molecule has 0 amide bonds. The zero-order valence-corrected chi connectivity index (χ0v) is 15.3. The second-order valence-electron chi connectivity index (χ2n) is 6.99. The van der Waals surface area contributed by atoms with Gasteiger partial charge in [-0.3, -0.25) is 5.41 Å². The Hall–Kier alpha value is -2.14. The van der Waals surface area contributed by atoms with E-state index in [9.17, 15) is 5.11 Å². The van der Waals surface area contributed by atoms with E-state index >= 15 is 0 Å². The summed E-state index contributed by atoms with van der Waals surface area (Å²) in [7, 11) is 0. The Morgan fingerprint density at radius 2 is 1.88 bits per heavy atom. The standard InChI is InChI=1S/C20H23N3OS/c1-13-7-9-14(10-8-13)16-12-25-20(22-16)18-17(24)11-23(19(18)21)15-5-3-2-4-6-15/h7-10,12,15,21,24H,2-6,11H2,1H3. The van der Waals surface area contributed by atoms with Crippen LogP contribution in [0.2, 0.25) is 0 Å². The lowest BCUT2D eigenvalue weighted by atomic mass is 9.94. The number of rotatable bonds is 3. The highest BCUT2D eigenvalue weighted by molar-refractivity contribution is 7.11. The Bertz CT molecular complexity index is 816. The quantitative estimate of drug-likeness (QED) is 0.815. The number of nitrogens with zero attached hydrogens (tertiary/aromatic N) is 2. The van der Waals surface area contributed by atoms with Crippen LogP contribution in [0.1, 0.15) is 42.7 Å². The highest BCUT2D eigenvalue weighted by Gasteiger charge is 2.34. The molecule has 5 heteroatoms. The molecule has 0 radical (unpaired) electrons. The number of aryl methyl sites for hydroxylation is 1. The van der Waals surface area contributed by atoms with Crippen LogP contribution in [0.5, 0.6) is 0 Å². The molecule has 0 bridgehead atoms. The first-order chi connectivity index (χ1) is 12.1. The molecule has 0 atom stereocenters. The maximum atomic E-state index is 10.5. The Labute approximate surface area is 152 Å². The van der Waals surface area contributed by atoms with E-state index in [0.29, 0.717) is 29.8 Å². The number of aliphatic hydroxyl groups excluding tert-OH is 1. The molecule has 1 aromatic heterocycles. The van der Waals surface area contributed by atoms with Crippen molar-refractivity contribution < 1.29 is 5.11 Å². The van der Waals surface area contributed by atoms with Crippen LogP contribution < -0.4 is 0 Å². The van der Waals surface area contributed by atoms with E-state index < -0.39 is 0 Å². The summed E-state index contributed by atoms with van der Waals surface area (Å²) in [5, 5.41) is 21.8. The molecule has 0 spiro atoms. The Morgan fingerprint density at radius 3 is 2.60 bits per heavy atom. The highest BCUT2D eigenvalue weighted by atomic mass is 32.1. The van der Waals surface area contributed by atoms with Gasteiger partial charge in [-0.15, -0.1) is 11.3 Å². The van der Waals surface area contributed by atoms with Crippen molar-refractivity contribution in [3.63, 3.8) is 0 Å². The first kappa shape index (κ1) is 16.3. The summed E-state index contributed by atoms with van der Waals surface area (Å²) in [5.74, 6) is 0.731. The van der Waals surface area contributed by atoms with Gasteiger partial charge in [0.15, 0.2) is 0 Å². The predicted octanol–water partition coefficient (Wildman–Crippen LogP) is 5.01. The van der Waals surface area contributed by atoms with Gasteiger partial charge in [0, 0.05) is 17.0 Å². The number of aliphatic hydroxyl groups is 1. The first-order valence-corrected chi connectivity index (χ1v) is 9.82. The minimum Gasteiger partial charge on any atom is -0.510 e. The maximum absolute atomic E-state index is 10.5. The van der Waals surface area contributed by atoms with Crippen LogP contribution in [-0.4, -0.2) is 33.4 Å². The van der Waals surface area contributed by atoms with Crippen molar-refractivity contribution >= 4 is 22.7 Å². The third-order valence-electron chi connectivity index (χ3n) is 5.21. The average Bonchev–Trinajstić information content (AvgIpc) is 3.21. The normalized spacial score (nSPS) is 19.1. The summed E-state index contributed by atoms with van der Waals surface area (Å²) in [4.78, 5) is 6.77. The number of hydrogen-bond acceptors (Lipinski definition) is 4. The summed E-state index contributed by atoms with van der Waals surface area (Å²) in [5.41, 5.74) is 3.82. The van der Waals surface area contributed by atoms with Crippen LogP contribution in [0.15, 0.2) is 35.4 Å². The topological polar surface area (TPSA) is 60.2 Å². The van der Waals surface area contributed by atoms with E-state index in [2.05, 4.69) is 36.1 Å². The minimum absolute atomic E-state index is 0.292. The van der Waals surface area contributed by atoms with Crippen LogP contribution in [0.3, 0.4) is 0 Å². The predicted molar refractivity (Wildman–Crippen MR) is 103 cm³/mol. The molecule has 0 saturated heterocycles. The number of amidine groups is 1. The lowest BCUT2D eigenvalue weighted by molar-refractivity contribution is 0.241. The monoisotopic (exact) mass is 353 g/mol. The van der Waals surface area contributed by atoms with Crippen molar-refractivity contribution in [2.45, 2.75) is 45.1 Å². The lowest BCUT2D eigenvalue weighted by Crippen LogP contribution is -2.38. The molecule has 4 nitrogen and oxygen atoms in total. The Morgan fingerprint density at radius 1 is 1.16 bits per heavy atom. The third kappa shape index (κ3) is 3.09. The first-order valence-electron chi connectivity index (χ1n) is 8.94. The number of hydrogen-bond donors (Lipinski definition) is 2. The zero-order chi connectivity index (χ0) is 17.4. The van der Waals surface area contributed by atoms with Gasteiger partial charge in [0.05, 0.1) is 17.8 Å². The van der Waals surface area contributed by atoms with Gasteiger partial charge >= 0.3 is 0 Å². The van der Waals surface area contributed by atoms with E-state index in [-0.39, 0.29) is 0 Å². The molecule has 1 aromatic carbocycles. The van der Waals surface area contributed by atoms with Gasteiger partial charge in [0.25, 0.3) is 0 Å². The molecule has 1 aliphatic carbocycles. The van der Waals surface area contributed by atoms with Crippen molar-refractivity contribution in [2.24, 2.45) is 0 Å². The van der Waals surface area contributed by atoms with Crippen molar-refractivity contribution in [1.29, 1.82) is 5.41 Å². The second kappa shape index (κ2) is 6.64. The van der Waals surface area contributed by atoms with Crippen LogP contribution in [-0.2, 0) is 0 Å². The fourth-order valence-corrected chi connectivity index (χ4v) is 4.67.